The molecule has 0 atom stereocenters. The molecule has 1 aliphatic heterocycles. The summed E-state index contributed by atoms with van der Waals surface area (Å²) in [4.78, 5) is 11.9. The van der Waals surface area contributed by atoms with Gasteiger partial charge in [-0.1, -0.05) is 12.1 Å². The number of hydrogen-bond acceptors (Lipinski definition) is 3. The lowest BCUT2D eigenvalue weighted by Crippen LogP contribution is -2.51. The molecule has 4 heteroatoms. The van der Waals surface area contributed by atoms with E-state index < -0.39 is 0 Å². The van der Waals surface area contributed by atoms with Crippen LogP contribution in [0.15, 0.2) is 24.3 Å². The Morgan fingerprint density at radius 2 is 2.06 bits per heavy atom. The Bertz CT molecular complexity index is 440. The fourth-order valence-corrected chi connectivity index (χ4v) is 2.49. The van der Waals surface area contributed by atoms with Crippen molar-refractivity contribution in [2.45, 2.75) is 31.2 Å². The highest BCUT2D eigenvalue weighted by molar-refractivity contribution is 5.98. The molecule has 1 aromatic rings. The van der Waals surface area contributed by atoms with Gasteiger partial charge >= 0.3 is 0 Å². The Balaban J connectivity index is 1.91. The first-order valence-corrected chi connectivity index (χ1v) is 5.66. The van der Waals surface area contributed by atoms with E-state index in [1.54, 1.807) is 5.01 Å². The molecule has 1 saturated heterocycles. The smallest absolute Gasteiger partial charge is 0.243 e. The van der Waals surface area contributed by atoms with Crippen LogP contribution in [-0.4, -0.2) is 11.4 Å². The van der Waals surface area contributed by atoms with Gasteiger partial charge < -0.3 is 5.73 Å². The van der Waals surface area contributed by atoms with Crippen LogP contribution in [0.4, 0.5) is 11.4 Å². The van der Waals surface area contributed by atoms with Gasteiger partial charge in [0.15, 0.2) is 0 Å². The quantitative estimate of drug-likeness (QED) is 0.700. The van der Waals surface area contributed by atoms with Gasteiger partial charge in [-0.2, -0.15) is 0 Å². The fourth-order valence-electron chi connectivity index (χ4n) is 2.49. The molecule has 3 rings (SSSR count). The van der Waals surface area contributed by atoms with Crippen LogP contribution in [0.2, 0.25) is 0 Å². The van der Waals surface area contributed by atoms with E-state index in [4.69, 9.17) is 5.73 Å². The second-order valence-corrected chi connectivity index (χ2v) is 4.71. The van der Waals surface area contributed by atoms with Crippen molar-refractivity contribution >= 4 is 17.3 Å². The zero-order valence-corrected chi connectivity index (χ0v) is 9.07. The minimum absolute atomic E-state index is 0.0271. The molecule has 0 radical (unpaired) electrons. The molecule has 84 valence electrons. The Hall–Kier alpha value is -1.55. The van der Waals surface area contributed by atoms with Gasteiger partial charge in [-0.15, -0.1) is 0 Å². The van der Waals surface area contributed by atoms with Crippen LogP contribution >= 0.6 is 0 Å². The molecule has 0 aromatic heterocycles. The number of carbonyl (C=O) groups is 1. The summed E-state index contributed by atoms with van der Waals surface area (Å²) in [5.74, 6) is 0.123. The average molecular weight is 217 g/mol. The van der Waals surface area contributed by atoms with E-state index >= 15 is 0 Å². The Morgan fingerprint density at radius 1 is 1.31 bits per heavy atom. The van der Waals surface area contributed by atoms with Gasteiger partial charge in [0.1, 0.15) is 0 Å². The van der Waals surface area contributed by atoms with Crippen molar-refractivity contribution in [2.24, 2.45) is 0 Å². The highest BCUT2D eigenvalue weighted by atomic mass is 16.2. The number of nitrogens with one attached hydrogen (secondary N) is 1. The number of hydrogen-bond donors (Lipinski definition) is 2. The number of para-hydroxylation sites is 2. The van der Waals surface area contributed by atoms with E-state index in [2.05, 4.69) is 5.43 Å². The lowest BCUT2D eigenvalue weighted by atomic mass is 9.76. The van der Waals surface area contributed by atoms with Crippen molar-refractivity contribution in [1.82, 2.24) is 5.43 Å². The van der Waals surface area contributed by atoms with Crippen LogP contribution in [0.5, 0.6) is 0 Å². The van der Waals surface area contributed by atoms with Crippen molar-refractivity contribution in [3.8, 4) is 0 Å². The van der Waals surface area contributed by atoms with Gasteiger partial charge in [0.25, 0.3) is 0 Å². The summed E-state index contributed by atoms with van der Waals surface area (Å²) in [5.41, 5.74) is 10.6. The average Bonchev–Trinajstić information content (AvgIpc) is 2.57. The van der Waals surface area contributed by atoms with Crippen LogP contribution in [0.25, 0.3) is 0 Å². The zero-order valence-electron chi connectivity index (χ0n) is 9.07. The maximum absolute atomic E-state index is 11.9. The van der Waals surface area contributed by atoms with Crippen LogP contribution < -0.4 is 16.2 Å². The lowest BCUT2D eigenvalue weighted by Gasteiger charge is -2.38. The summed E-state index contributed by atoms with van der Waals surface area (Å²) < 4.78 is 0. The number of nitrogen functional groups attached to an aromatic ring is 1. The monoisotopic (exact) mass is 217 g/mol. The third-order valence-electron chi connectivity index (χ3n) is 3.58. The number of benzene rings is 1. The number of anilines is 2. The zero-order chi connectivity index (χ0) is 11.2. The van der Waals surface area contributed by atoms with Gasteiger partial charge in [-0.3, -0.25) is 4.79 Å². The third-order valence-corrected chi connectivity index (χ3v) is 3.58. The molecule has 16 heavy (non-hydrogen) atoms. The molecule has 1 aliphatic carbocycles. The van der Waals surface area contributed by atoms with E-state index in [1.807, 2.05) is 24.3 Å². The number of nitrogens with two attached hydrogens (primary N) is 1. The number of carbonyl (C=O) groups excluding carboxylic acids is 1. The largest absolute Gasteiger partial charge is 0.397 e. The molecule has 0 unspecified atom stereocenters. The summed E-state index contributed by atoms with van der Waals surface area (Å²) in [6.07, 6.45) is 3.98. The number of rotatable bonds is 1. The SMILES string of the molecule is Nc1ccccc1N1NC2(CCC2)CC1=O. The first kappa shape index (κ1) is 9.66. The molecule has 1 amide bonds. The summed E-state index contributed by atoms with van der Waals surface area (Å²) in [6, 6.07) is 7.46. The third kappa shape index (κ3) is 1.30. The van der Waals surface area contributed by atoms with Gasteiger partial charge in [-0.05, 0) is 31.4 Å². The highest BCUT2D eigenvalue weighted by Gasteiger charge is 2.47. The minimum Gasteiger partial charge on any atom is -0.397 e. The highest BCUT2D eigenvalue weighted by Crippen LogP contribution is 2.41. The van der Waals surface area contributed by atoms with E-state index in [1.165, 1.54) is 6.42 Å². The fraction of sp³-hybridized carbons (Fsp3) is 0.417. The molecule has 2 aliphatic rings. The maximum Gasteiger partial charge on any atom is 0.243 e. The first-order valence-electron chi connectivity index (χ1n) is 5.66. The van der Waals surface area contributed by atoms with Gasteiger partial charge in [0.2, 0.25) is 5.91 Å². The van der Waals surface area contributed by atoms with Gasteiger partial charge in [-0.25, -0.2) is 10.4 Å². The minimum atomic E-state index is 0.0271. The molecule has 1 heterocycles. The number of amides is 1. The molecule has 1 saturated carbocycles. The van der Waals surface area contributed by atoms with E-state index in [9.17, 15) is 4.79 Å². The predicted octanol–water partition coefficient (Wildman–Crippen LogP) is 1.43. The second-order valence-electron chi connectivity index (χ2n) is 4.71. The van der Waals surface area contributed by atoms with Crippen molar-refractivity contribution in [1.29, 1.82) is 0 Å². The van der Waals surface area contributed by atoms with Crippen molar-refractivity contribution in [3.63, 3.8) is 0 Å². The summed E-state index contributed by atoms with van der Waals surface area (Å²) >= 11 is 0. The van der Waals surface area contributed by atoms with E-state index in [0.29, 0.717) is 12.1 Å². The van der Waals surface area contributed by atoms with Gasteiger partial charge in [0, 0.05) is 12.0 Å². The molecule has 1 spiro atoms. The second kappa shape index (κ2) is 3.22. The molecule has 4 nitrogen and oxygen atoms in total. The normalized spacial score (nSPS) is 22.5. The molecular formula is C12H15N3O. The van der Waals surface area contributed by atoms with Crippen molar-refractivity contribution in [3.05, 3.63) is 24.3 Å². The van der Waals surface area contributed by atoms with Crippen LogP contribution in [-0.2, 0) is 4.79 Å². The molecule has 2 fully saturated rings. The molecule has 1 aromatic carbocycles. The molecule has 0 bridgehead atoms. The first-order chi connectivity index (χ1) is 7.70. The number of hydrazine groups is 1. The van der Waals surface area contributed by atoms with Crippen LogP contribution in [0.3, 0.4) is 0 Å². The maximum atomic E-state index is 11.9. The topological polar surface area (TPSA) is 58.4 Å². The van der Waals surface area contributed by atoms with Crippen molar-refractivity contribution in [2.75, 3.05) is 10.7 Å². The summed E-state index contributed by atoms with van der Waals surface area (Å²) in [5, 5.41) is 1.62. The Kier molecular flexibility index (Phi) is 1.94. The lowest BCUT2D eigenvalue weighted by molar-refractivity contribution is -0.117. The van der Waals surface area contributed by atoms with Gasteiger partial charge in [0.05, 0.1) is 11.4 Å². The van der Waals surface area contributed by atoms with Crippen molar-refractivity contribution < 1.29 is 4.79 Å². The van der Waals surface area contributed by atoms with Crippen LogP contribution in [0, 0.1) is 0 Å². The standard InChI is InChI=1S/C12H15N3O/c13-9-4-1-2-5-10(9)15-11(16)8-12(14-15)6-3-7-12/h1-2,4-5,14H,3,6-8,13H2. The number of nitrogens with zero attached hydrogens (tertiary/aromatic N) is 1. The molecular weight excluding hydrogens is 202 g/mol. The predicted molar refractivity (Wildman–Crippen MR) is 62.7 cm³/mol. The molecule has 3 N–H and O–H groups in total. The summed E-state index contributed by atoms with van der Waals surface area (Å²) in [7, 11) is 0. The summed E-state index contributed by atoms with van der Waals surface area (Å²) in [6.45, 7) is 0. The van der Waals surface area contributed by atoms with E-state index in [0.717, 1.165) is 18.5 Å². The van der Waals surface area contributed by atoms with E-state index in [-0.39, 0.29) is 11.4 Å². The van der Waals surface area contributed by atoms with Crippen LogP contribution in [0.1, 0.15) is 25.7 Å². The Labute approximate surface area is 94.4 Å². The Morgan fingerprint density at radius 3 is 2.62 bits per heavy atom.